The Balaban J connectivity index is 1.82. The first-order chi connectivity index (χ1) is 7.74. The van der Waals surface area contributed by atoms with Crippen LogP contribution in [0.2, 0.25) is 5.15 Å². The lowest BCUT2D eigenvalue weighted by Crippen LogP contribution is -2.43. The van der Waals surface area contributed by atoms with Crippen LogP contribution in [0.4, 0.5) is 5.69 Å². The van der Waals surface area contributed by atoms with Gasteiger partial charge in [0.25, 0.3) is 0 Å². The normalized spacial score (nSPS) is 22.0. The number of nitrogens with one attached hydrogen (secondary N) is 1. The average molecular weight is 242 g/mol. The minimum absolute atomic E-state index is 0.241. The van der Waals surface area contributed by atoms with Gasteiger partial charge in [0.15, 0.2) is 0 Å². The van der Waals surface area contributed by atoms with Crippen LogP contribution >= 0.6 is 11.6 Å². The largest absolute Gasteiger partial charge is 0.382 e. The summed E-state index contributed by atoms with van der Waals surface area (Å²) in [6.07, 6.45) is 1.93. The summed E-state index contributed by atoms with van der Waals surface area (Å²) in [7, 11) is 2.11. The van der Waals surface area contributed by atoms with Crippen LogP contribution in [0.25, 0.3) is 0 Å². The summed E-state index contributed by atoms with van der Waals surface area (Å²) in [5.74, 6) is 0. The molecule has 4 nitrogen and oxygen atoms in total. The Morgan fingerprint density at radius 3 is 3.31 bits per heavy atom. The number of morpholine rings is 1. The molecule has 16 heavy (non-hydrogen) atoms. The SMILES string of the molecule is CN1CCOC(CNc2ccnc(Cl)c2)C1. The highest BCUT2D eigenvalue weighted by Gasteiger charge is 2.16. The Bertz CT molecular complexity index is 348. The molecule has 1 N–H and O–H groups in total. The van der Waals surface area contributed by atoms with E-state index >= 15 is 0 Å². The summed E-state index contributed by atoms with van der Waals surface area (Å²) < 4.78 is 5.65. The monoisotopic (exact) mass is 241 g/mol. The smallest absolute Gasteiger partial charge is 0.131 e. The number of ether oxygens (including phenoxy) is 1. The minimum Gasteiger partial charge on any atom is -0.382 e. The molecule has 0 radical (unpaired) electrons. The predicted octanol–water partition coefficient (Wildman–Crippen LogP) is 1.48. The number of hydrogen-bond donors (Lipinski definition) is 1. The standard InChI is InChI=1S/C11H16ClN3O/c1-15-4-5-16-10(8-15)7-14-9-2-3-13-11(12)6-9/h2-3,6,10H,4-5,7-8H2,1H3,(H,13,14). The number of pyridine rings is 1. The average Bonchev–Trinajstić information content (AvgIpc) is 2.27. The van der Waals surface area contributed by atoms with Gasteiger partial charge in [0.05, 0.1) is 12.7 Å². The molecular weight excluding hydrogens is 226 g/mol. The third-order valence-corrected chi connectivity index (χ3v) is 2.81. The van der Waals surface area contributed by atoms with E-state index in [0.717, 1.165) is 31.9 Å². The van der Waals surface area contributed by atoms with Crippen molar-refractivity contribution in [2.75, 3.05) is 38.6 Å². The van der Waals surface area contributed by atoms with Crippen LogP contribution in [0.1, 0.15) is 0 Å². The topological polar surface area (TPSA) is 37.4 Å². The number of likely N-dealkylation sites (N-methyl/N-ethyl adjacent to an activating group) is 1. The van der Waals surface area contributed by atoms with Crippen molar-refractivity contribution in [3.8, 4) is 0 Å². The summed E-state index contributed by atoms with van der Waals surface area (Å²) in [6, 6.07) is 3.71. The van der Waals surface area contributed by atoms with E-state index in [2.05, 4.69) is 22.2 Å². The zero-order chi connectivity index (χ0) is 11.4. The second-order valence-electron chi connectivity index (χ2n) is 4.00. The Labute approximate surface area is 101 Å². The van der Waals surface area contributed by atoms with E-state index in [9.17, 15) is 0 Å². The van der Waals surface area contributed by atoms with E-state index in [4.69, 9.17) is 16.3 Å². The van der Waals surface area contributed by atoms with Crippen LogP contribution in [-0.2, 0) is 4.74 Å². The fraction of sp³-hybridized carbons (Fsp3) is 0.545. The number of nitrogens with zero attached hydrogens (tertiary/aromatic N) is 2. The number of hydrogen-bond acceptors (Lipinski definition) is 4. The highest BCUT2D eigenvalue weighted by atomic mass is 35.5. The van der Waals surface area contributed by atoms with Crippen molar-refractivity contribution in [2.45, 2.75) is 6.10 Å². The first kappa shape index (κ1) is 11.6. The Hall–Kier alpha value is -0.840. The summed E-state index contributed by atoms with van der Waals surface area (Å²) in [5.41, 5.74) is 0.983. The Morgan fingerprint density at radius 2 is 2.56 bits per heavy atom. The minimum atomic E-state index is 0.241. The molecular formula is C11H16ClN3O. The molecule has 1 fully saturated rings. The highest BCUT2D eigenvalue weighted by molar-refractivity contribution is 6.29. The molecule has 2 rings (SSSR count). The van der Waals surface area contributed by atoms with Crippen LogP contribution in [0.3, 0.4) is 0 Å². The van der Waals surface area contributed by atoms with E-state index in [-0.39, 0.29) is 6.10 Å². The molecule has 0 spiro atoms. The van der Waals surface area contributed by atoms with Crippen molar-refractivity contribution < 1.29 is 4.74 Å². The molecule has 2 heterocycles. The van der Waals surface area contributed by atoms with Crippen LogP contribution in [0.5, 0.6) is 0 Å². The fourth-order valence-electron chi connectivity index (χ4n) is 1.73. The molecule has 1 unspecified atom stereocenters. The van der Waals surface area contributed by atoms with Crippen LogP contribution in [0.15, 0.2) is 18.3 Å². The van der Waals surface area contributed by atoms with Gasteiger partial charge in [-0.2, -0.15) is 0 Å². The second-order valence-corrected chi connectivity index (χ2v) is 4.39. The molecule has 0 bridgehead atoms. The zero-order valence-corrected chi connectivity index (χ0v) is 10.1. The number of halogens is 1. The number of anilines is 1. The molecule has 1 aromatic heterocycles. The molecule has 0 saturated carbocycles. The lowest BCUT2D eigenvalue weighted by Gasteiger charge is -2.30. The van der Waals surface area contributed by atoms with Crippen molar-refractivity contribution in [2.24, 2.45) is 0 Å². The van der Waals surface area contributed by atoms with E-state index in [1.807, 2.05) is 12.1 Å². The Kier molecular flexibility index (Phi) is 3.98. The lowest BCUT2D eigenvalue weighted by molar-refractivity contribution is -0.0117. The van der Waals surface area contributed by atoms with E-state index < -0.39 is 0 Å². The molecule has 0 amide bonds. The van der Waals surface area contributed by atoms with Gasteiger partial charge in [-0.25, -0.2) is 4.98 Å². The van der Waals surface area contributed by atoms with Gasteiger partial charge in [0.1, 0.15) is 5.15 Å². The van der Waals surface area contributed by atoms with E-state index in [1.165, 1.54) is 0 Å². The van der Waals surface area contributed by atoms with Crippen LogP contribution < -0.4 is 5.32 Å². The molecule has 1 atom stereocenters. The summed E-state index contributed by atoms with van der Waals surface area (Å²) in [5, 5.41) is 3.81. The van der Waals surface area contributed by atoms with E-state index in [0.29, 0.717) is 5.15 Å². The molecule has 0 aromatic carbocycles. The maximum Gasteiger partial charge on any atom is 0.131 e. The molecule has 1 aliphatic rings. The zero-order valence-electron chi connectivity index (χ0n) is 9.32. The number of rotatable bonds is 3. The molecule has 0 aliphatic carbocycles. The van der Waals surface area contributed by atoms with E-state index in [1.54, 1.807) is 6.20 Å². The van der Waals surface area contributed by atoms with Gasteiger partial charge in [-0.05, 0) is 19.2 Å². The fourth-order valence-corrected chi connectivity index (χ4v) is 1.91. The van der Waals surface area contributed by atoms with Gasteiger partial charge < -0.3 is 15.0 Å². The van der Waals surface area contributed by atoms with Crippen LogP contribution in [0, 0.1) is 0 Å². The maximum atomic E-state index is 5.80. The van der Waals surface area contributed by atoms with Gasteiger partial charge in [-0.15, -0.1) is 0 Å². The third kappa shape index (κ3) is 3.33. The number of aromatic nitrogens is 1. The van der Waals surface area contributed by atoms with Crippen molar-refractivity contribution in [1.29, 1.82) is 0 Å². The van der Waals surface area contributed by atoms with Crippen LogP contribution in [-0.4, -0.2) is 49.3 Å². The van der Waals surface area contributed by atoms with Crippen molar-refractivity contribution in [1.82, 2.24) is 9.88 Å². The van der Waals surface area contributed by atoms with Crippen molar-refractivity contribution in [3.05, 3.63) is 23.5 Å². The maximum absolute atomic E-state index is 5.80. The van der Waals surface area contributed by atoms with Crippen molar-refractivity contribution >= 4 is 17.3 Å². The lowest BCUT2D eigenvalue weighted by atomic mass is 10.2. The quantitative estimate of drug-likeness (QED) is 0.814. The first-order valence-electron chi connectivity index (χ1n) is 5.39. The highest BCUT2D eigenvalue weighted by Crippen LogP contribution is 2.12. The molecule has 5 heteroatoms. The molecule has 1 saturated heterocycles. The third-order valence-electron chi connectivity index (χ3n) is 2.60. The van der Waals surface area contributed by atoms with Gasteiger partial charge >= 0.3 is 0 Å². The first-order valence-corrected chi connectivity index (χ1v) is 5.77. The molecule has 1 aromatic rings. The molecule has 1 aliphatic heterocycles. The van der Waals surface area contributed by atoms with Gasteiger partial charge in [0, 0.05) is 31.5 Å². The van der Waals surface area contributed by atoms with Gasteiger partial charge in [-0.3, -0.25) is 0 Å². The summed E-state index contributed by atoms with van der Waals surface area (Å²) in [6.45, 7) is 3.58. The van der Waals surface area contributed by atoms with Gasteiger partial charge in [-0.1, -0.05) is 11.6 Å². The second kappa shape index (κ2) is 5.48. The van der Waals surface area contributed by atoms with Gasteiger partial charge in [0.2, 0.25) is 0 Å². The summed E-state index contributed by atoms with van der Waals surface area (Å²) in [4.78, 5) is 6.21. The Morgan fingerprint density at radius 1 is 1.69 bits per heavy atom. The van der Waals surface area contributed by atoms with Crippen molar-refractivity contribution in [3.63, 3.8) is 0 Å². The predicted molar refractivity (Wildman–Crippen MR) is 65.0 cm³/mol. The summed E-state index contributed by atoms with van der Waals surface area (Å²) >= 11 is 5.80. The molecule has 88 valence electrons.